The molecular weight excluding hydrogens is 235 g/mol. The molecule has 0 aliphatic heterocycles. The summed E-state index contributed by atoms with van der Waals surface area (Å²) in [6, 6.07) is 0. The van der Waals surface area contributed by atoms with Crippen LogP contribution < -0.4 is 0 Å². The minimum atomic E-state index is 0. The van der Waals surface area contributed by atoms with Crippen LogP contribution in [0.5, 0.6) is 0 Å². The topological polar surface area (TPSA) is 0 Å². The Hall–Kier alpha value is 2.00. The molecule has 0 aromatic rings. The molecule has 0 bridgehead atoms. The Bertz CT molecular complexity index is 7.51. The first-order valence-electron chi connectivity index (χ1n) is 0. The van der Waals surface area contributed by atoms with Crippen LogP contribution in [0.25, 0.3) is 0 Å². The zero-order valence-corrected chi connectivity index (χ0v) is 10.1. The number of halogens is 4. The summed E-state index contributed by atoms with van der Waals surface area (Å²) in [6.45, 7) is 0. The Morgan fingerprint density at radius 3 is 0.500 bits per heavy atom. The van der Waals surface area contributed by atoms with Gasteiger partial charge in [0.15, 0.2) is 0 Å². The molecule has 6 heteroatoms. The molecule has 0 nitrogen and oxygen atoms in total. The fourth-order valence-corrected chi connectivity index (χ4v) is 0. The Kier molecular flexibility index (Phi) is 1030. The van der Waals surface area contributed by atoms with E-state index in [4.69, 9.17) is 0 Å². The van der Waals surface area contributed by atoms with E-state index in [0.29, 0.717) is 0 Å². The van der Waals surface area contributed by atoms with Crippen LogP contribution in [0.1, 0.15) is 0 Å². The van der Waals surface area contributed by atoms with Crippen LogP contribution >= 0.6 is 49.6 Å². The molecule has 6 heavy (non-hydrogen) atoms. The monoisotopic (exact) mass is 236 g/mol. The normalized spacial score (nSPS) is 0. The van der Waals surface area contributed by atoms with Crippen molar-refractivity contribution in [2.75, 3.05) is 0 Å². The van der Waals surface area contributed by atoms with Crippen molar-refractivity contribution in [2.24, 2.45) is 0 Å². The van der Waals surface area contributed by atoms with Crippen molar-refractivity contribution in [3.05, 3.63) is 0 Å². The third-order valence-corrected chi connectivity index (χ3v) is 0. The van der Waals surface area contributed by atoms with Gasteiger partial charge in [-0.3, -0.25) is 0 Å². The predicted octanol–water partition coefficient (Wildman–Crippen LogP) is 1.30. The largest absolute Gasteiger partial charge is 0.147 e. The molecular formula is H4Cl4SiZn. The van der Waals surface area contributed by atoms with Crippen molar-refractivity contribution < 1.29 is 19.5 Å². The summed E-state index contributed by atoms with van der Waals surface area (Å²) in [7, 11) is 0. The van der Waals surface area contributed by atoms with E-state index in [1.165, 1.54) is 0 Å². The summed E-state index contributed by atoms with van der Waals surface area (Å²) in [5, 5.41) is 0. The first kappa shape index (κ1) is 98.0. The average molecular weight is 239 g/mol. The second-order valence-electron chi connectivity index (χ2n) is 0. The van der Waals surface area contributed by atoms with Crippen LogP contribution in [-0.2, 0) is 19.5 Å². The summed E-state index contributed by atoms with van der Waals surface area (Å²) in [5.41, 5.74) is 0. The summed E-state index contributed by atoms with van der Waals surface area (Å²) in [6.07, 6.45) is 0. The Labute approximate surface area is 79.6 Å². The second kappa shape index (κ2) is 63.0. The molecule has 0 aliphatic rings. The van der Waals surface area contributed by atoms with Gasteiger partial charge in [-0.15, -0.1) is 49.6 Å². The molecule has 0 aliphatic carbocycles. The standard InChI is InChI=1S/4ClH.Si.Zn/h4*1H;;. The molecule has 0 amide bonds. The zero-order chi connectivity index (χ0) is 0. The molecule has 0 aromatic carbocycles. The molecule has 0 spiro atoms. The molecule has 0 rings (SSSR count). The van der Waals surface area contributed by atoms with Gasteiger partial charge in [-0.25, -0.2) is 0 Å². The zero-order valence-electron chi connectivity index (χ0n) is 2.84. The number of hydrogen-bond acceptors (Lipinski definition) is 0. The van der Waals surface area contributed by atoms with Crippen LogP contribution in [0.2, 0.25) is 0 Å². The van der Waals surface area contributed by atoms with Gasteiger partial charge in [0.25, 0.3) is 0 Å². The van der Waals surface area contributed by atoms with Gasteiger partial charge in [0.05, 0.1) is 0 Å². The smallest absolute Gasteiger partial charge is 0 e. The SMILES string of the molecule is Cl.Cl.Cl.Cl.[Si].[Zn]. The molecule has 0 heterocycles. The first-order chi connectivity index (χ1) is 0. The van der Waals surface area contributed by atoms with Gasteiger partial charge < -0.3 is 0 Å². The summed E-state index contributed by atoms with van der Waals surface area (Å²) >= 11 is 0. The van der Waals surface area contributed by atoms with Crippen LogP contribution in [0.3, 0.4) is 0 Å². The van der Waals surface area contributed by atoms with Gasteiger partial charge in [-0.1, -0.05) is 0 Å². The molecule has 4 radical (unpaired) electrons. The molecule has 0 fully saturated rings. The number of rotatable bonds is 0. The Balaban J connectivity index is 0. The second-order valence-corrected chi connectivity index (χ2v) is 0. The minimum absolute atomic E-state index is 0. The number of hydrogen-bond donors (Lipinski definition) is 0. The van der Waals surface area contributed by atoms with Gasteiger partial charge in [-0.05, 0) is 0 Å². The van der Waals surface area contributed by atoms with Crippen LogP contribution in [0.15, 0.2) is 0 Å². The van der Waals surface area contributed by atoms with E-state index < -0.39 is 0 Å². The van der Waals surface area contributed by atoms with Crippen molar-refractivity contribution in [2.45, 2.75) is 0 Å². The van der Waals surface area contributed by atoms with Crippen molar-refractivity contribution >= 4 is 60.6 Å². The van der Waals surface area contributed by atoms with E-state index >= 15 is 0 Å². The van der Waals surface area contributed by atoms with Crippen LogP contribution in [0, 0.1) is 0 Å². The third-order valence-electron chi connectivity index (χ3n) is 0. The summed E-state index contributed by atoms with van der Waals surface area (Å²) < 4.78 is 0. The quantitative estimate of drug-likeness (QED) is 0.559. The Morgan fingerprint density at radius 2 is 0.500 bits per heavy atom. The van der Waals surface area contributed by atoms with Crippen molar-refractivity contribution in [3.8, 4) is 0 Å². The third kappa shape index (κ3) is 37.5. The summed E-state index contributed by atoms with van der Waals surface area (Å²) in [4.78, 5) is 0. The van der Waals surface area contributed by atoms with Crippen molar-refractivity contribution in [1.29, 1.82) is 0 Å². The van der Waals surface area contributed by atoms with Gasteiger partial charge in [0.1, 0.15) is 0 Å². The molecule has 0 saturated carbocycles. The van der Waals surface area contributed by atoms with E-state index in [9.17, 15) is 0 Å². The van der Waals surface area contributed by atoms with Gasteiger partial charge in [0, 0.05) is 30.4 Å². The van der Waals surface area contributed by atoms with E-state index in [2.05, 4.69) is 0 Å². The maximum Gasteiger partial charge on any atom is 0 e. The van der Waals surface area contributed by atoms with Gasteiger partial charge in [0.2, 0.25) is 0 Å². The van der Waals surface area contributed by atoms with Crippen molar-refractivity contribution in [1.82, 2.24) is 0 Å². The molecule has 0 unspecified atom stereocenters. The van der Waals surface area contributed by atoms with E-state index in [1.807, 2.05) is 0 Å². The van der Waals surface area contributed by atoms with E-state index in [-0.39, 0.29) is 80.1 Å². The van der Waals surface area contributed by atoms with Gasteiger partial charge >= 0.3 is 0 Å². The first-order valence-corrected chi connectivity index (χ1v) is 0. The molecule has 38 valence electrons. The predicted molar refractivity (Wildman–Crippen MR) is 34.7 cm³/mol. The average Bonchev–Trinajstić information content (AvgIpc) is 0. The van der Waals surface area contributed by atoms with Crippen LogP contribution in [0.4, 0.5) is 0 Å². The molecule has 0 aromatic heterocycles. The minimum Gasteiger partial charge on any atom is -0.147 e. The maximum atomic E-state index is 0. The summed E-state index contributed by atoms with van der Waals surface area (Å²) in [5.74, 6) is 0. The fraction of sp³-hybridized carbons (Fsp3) is 0. The maximum absolute atomic E-state index is 0. The van der Waals surface area contributed by atoms with E-state index in [1.54, 1.807) is 0 Å². The molecule has 0 atom stereocenters. The molecule has 0 saturated heterocycles. The fourth-order valence-electron chi connectivity index (χ4n) is 0. The van der Waals surface area contributed by atoms with E-state index in [0.717, 1.165) is 0 Å². The molecule has 0 N–H and O–H groups in total. The van der Waals surface area contributed by atoms with Crippen molar-refractivity contribution in [3.63, 3.8) is 0 Å². The Morgan fingerprint density at radius 1 is 0.500 bits per heavy atom. The van der Waals surface area contributed by atoms with Gasteiger partial charge in [-0.2, -0.15) is 0 Å². The van der Waals surface area contributed by atoms with Crippen LogP contribution in [-0.4, -0.2) is 11.0 Å².